The van der Waals surface area contributed by atoms with Crippen molar-refractivity contribution < 1.29 is 4.74 Å². The fraction of sp³-hybridized carbons (Fsp3) is 0.474. The molecule has 2 aromatic rings. The molecule has 0 amide bonds. The van der Waals surface area contributed by atoms with Gasteiger partial charge in [0.15, 0.2) is 0 Å². The summed E-state index contributed by atoms with van der Waals surface area (Å²) in [5, 5.41) is 9.74. The Hall–Kier alpha value is -2.10. The van der Waals surface area contributed by atoms with Crippen LogP contribution < -0.4 is 10.6 Å². The zero-order valence-electron chi connectivity index (χ0n) is 14.0. The molecule has 6 heterocycles. The summed E-state index contributed by atoms with van der Waals surface area (Å²) in [6, 6.07) is 6.59. The van der Waals surface area contributed by atoms with Crippen molar-refractivity contribution in [2.75, 3.05) is 30.3 Å². The summed E-state index contributed by atoms with van der Waals surface area (Å²) in [5.74, 6) is 0.850. The van der Waals surface area contributed by atoms with E-state index in [1.165, 1.54) is 4.88 Å². The Morgan fingerprint density at radius 2 is 2.12 bits per heavy atom. The van der Waals surface area contributed by atoms with Crippen molar-refractivity contribution in [3.63, 3.8) is 0 Å². The molecule has 0 aromatic carbocycles. The Morgan fingerprint density at radius 3 is 2.84 bits per heavy atom. The van der Waals surface area contributed by atoms with Gasteiger partial charge >= 0.3 is 0 Å². The number of nitriles is 1. The van der Waals surface area contributed by atoms with E-state index in [1.807, 2.05) is 0 Å². The number of ether oxygens (including phenoxy) is 1. The Balaban J connectivity index is 1.69. The number of hydrogen-bond donors (Lipinski definition) is 1. The lowest BCUT2D eigenvalue weighted by Gasteiger charge is -2.42. The van der Waals surface area contributed by atoms with Crippen molar-refractivity contribution in [2.45, 2.75) is 37.7 Å². The Morgan fingerprint density at radius 1 is 1.28 bits per heavy atom. The van der Waals surface area contributed by atoms with Crippen LogP contribution in [0.25, 0.3) is 10.4 Å². The quantitative estimate of drug-likeness (QED) is 0.889. The maximum Gasteiger partial charge on any atom is 0.142 e. The molecule has 2 aromatic heterocycles. The number of nitrogen functional groups attached to an aromatic ring is 1. The second-order valence-electron chi connectivity index (χ2n) is 7.06. The van der Waals surface area contributed by atoms with Gasteiger partial charge in [-0.25, -0.2) is 4.98 Å². The largest absolute Gasteiger partial charge is 0.383 e. The number of nitrogens with two attached hydrogens (primary N) is 1. The number of fused-ring (bicyclic) bond motifs is 2. The molecule has 4 aliphatic heterocycles. The molecule has 2 fully saturated rings. The average Bonchev–Trinajstić information content (AvgIpc) is 3.33. The number of anilines is 2. The fourth-order valence-corrected chi connectivity index (χ4v) is 5.55. The molecule has 4 aliphatic rings. The zero-order chi connectivity index (χ0) is 17.0. The van der Waals surface area contributed by atoms with Gasteiger partial charge in [0.25, 0.3) is 0 Å². The van der Waals surface area contributed by atoms with Crippen LogP contribution >= 0.6 is 11.3 Å². The number of aromatic nitrogens is 1. The summed E-state index contributed by atoms with van der Waals surface area (Å²) in [5.41, 5.74) is 9.93. The summed E-state index contributed by atoms with van der Waals surface area (Å²) in [7, 11) is 0. The number of rotatable bonds is 2. The van der Waals surface area contributed by atoms with E-state index in [1.54, 1.807) is 11.3 Å². The van der Waals surface area contributed by atoms with Gasteiger partial charge < -0.3 is 15.4 Å². The molecule has 5 nitrogen and oxygen atoms in total. The van der Waals surface area contributed by atoms with Crippen LogP contribution in [0, 0.1) is 11.3 Å². The third-order valence-electron chi connectivity index (χ3n) is 5.66. The summed E-state index contributed by atoms with van der Waals surface area (Å²) in [6.07, 6.45) is 4.67. The van der Waals surface area contributed by atoms with E-state index in [2.05, 4.69) is 28.1 Å². The van der Waals surface area contributed by atoms with Crippen LogP contribution in [0.4, 0.5) is 11.5 Å². The molecular formula is C19H20N4OS. The molecule has 0 aliphatic carbocycles. The van der Waals surface area contributed by atoms with Crippen LogP contribution in [0.5, 0.6) is 0 Å². The molecule has 2 saturated heterocycles. The van der Waals surface area contributed by atoms with Crippen LogP contribution in [0.3, 0.4) is 0 Å². The predicted octanol–water partition coefficient (Wildman–Crippen LogP) is 3.81. The van der Waals surface area contributed by atoms with E-state index < -0.39 is 0 Å². The van der Waals surface area contributed by atoms with Gasteiger partial charge in [0, 0.05) is 40.9 Å². The molecule has 6 rings (SSSR count). The maximum absolute atomic E-state index is 9.74. The molecule has 1 atom stereocenters. The lowest BCUT2D eigenvalue weighted by atomic mass is 9.84. The van der Waals surface area contributed by atoms with Gasteiger partial charge in [0.1, 0.15) is 17.5 Å². The Labute approximate surface area is 151 Å². The van der Waals surface area contributed by atoms with Crippen LogP contribution in [0.15, 0.2) is 12.1 Å². The fourth-order valence-electron chi connectivity index (χ4n) is 4.41. The van der Waals surface area contributed by atoms with Crippen molar-refractivity contribution >= 4 is 22.8 Å². The maximum atomic E-state index is 9.74. The highest BCUT2D eigenvalue weighted by Crippen LogP contribution is 2.50. The molecule has 6 heteroatoms. The summed E-state index contributed by atoms with van der Waals surface area (Å²) >= 11 is 1.74. The van der Waals surface area contributed by atoms with Crippen LogP contribution in [0.1, 0.15) is 53.8 Å². The standard InChI is InChI=1S/C19H20N4OS/c20-10-12-16(15-4-3-14(25-15)13-2-1-9-24-13)18-17(22-19(12)21)11-5-7-23(18)8-6-11/h3-4,11,13H,1-2,5-9H2,(H2,21,22). The molecule has 25 heavy (non-hydrogen) atoms. The van der Waals surface area contributed by atoms with Crippen molar-refractivity contribution in [3.8, 4) is 16.5 Å². The third-order valence-corrected chi connectivity index (χ3v) is 6.85. The highest BCUT2D eigenvalue weighted by Gasteiger charge is 2.36. The van der Waals surface area contributed by atoms with E-state index in [0.29, 0.717) is 17.3 Å². The monoisotopic (exact) mass is 352 g/mol. The molecule has 2 N–H and O–H groups in total. The molecular weight excluding hydrogens is 332 g/mol. The van der Waals surface area contributed by atoms with Crippen molar-refractivity contribution in [1.29, 1.82) is 5.26 Å². The lowest BCUT2D eigenvalue weighted by Crippen LogP contribution is -2.40. The van der Waals surface area contributed by atoms with E-state index >= 15 is 0 Å². The molecule has 1 unspecified atom stereocenters. The van der Waals surface area contributed by atoms with Crippen LogP contribution in [0.2, 0.25) is 0 Å². The van der Waals surface area contributed by atoms with Crippen molar-refractivity contribution in [1.82, 2.24) is 4.98 Å². The van der Waals surface area contributed by atoms with E-state index in [0.717, 1.165) is 67.2 Å². The van der Waals surface area contributed by atoms with Crippen molar-refractivity contribution in [3.05, 3.63) is 28.3 Å². The minimum Gasteiger partial charge on any atom is -0.383 e. The van der Waals surface area contributed by atoms with Crippen LogP contribution in [-0.2, 0) is 4.74 Å². The summed E-state index contributed by atoms with van der Waals surface area (Å²) in [6.45, 7) is 2.94. The SMILES string of the molecule is N#Cc1c(N)nc2c(c1-c1ccc(C3CCCO3)s1)N1CCC2CC1. The van der Waals surface area contributed by atoms with Gasteiger partial charge in [0.05, 0.1) is 17.5 Å². The van der Waals surface area contributed by atoms with Gasteiger partial charge in [0.2, 0.25) is 0 Å². The topological polar surface area (TPSA) is 75.2 Å². The third kappa shape index (κ3) is 2.26. The summed E-state index contributed by atoms with van der Waals surface area (Å²) in [4.78, 5) is 9.38. The predicted molar refractivity (Wildman–Crippen MR) is 98.8 cm³/mol. The zero-order valence-corrected chi connectivity index (χ0v) is 14.8. The van der Waals surface area contributed by atoms with Gasteiger partial charge in [-0.05, 0) is 37.8 Å². The molecule has 0 saturated carbocycles. The Bertz CT molecular complexity index is 870. The summed E-state index contributed by atoms with van der Waals surface area (Å²) < 4.78 is 5.83. The van der Waals surface area contributed by atoms with E-state index in [4.69, 9.17) is 10.5 Å². The lowest BCUT2D eigenvalue weighted by molar-refractivity contribution is 0.114. The highest BCUT2D eigenvalue weighted by molar-refractivity contribution is 7.15. The number of pyridine rings is 1. The second-order valence-corrected chi connectivity index (χ2v) is 8.17. The minimum atomic E-state index is 0.205. The van der Waals surface area contributed by atoms with E-state index in [-0.39, 0.29) is 6.10 Å². The first-order valence-electron chi connectivity index (χ1n) is 8.96. The highest BCUT2D eigenvalue weighted by atomic mass is 32.1. The number of piperidine rings is 1. The van der Waals surface area contributed by atoms with Gasteiger partial charge in [-0.1, -0.05) is 0 Å². The smallest absolute Gasteiger partial charge is 0.142 e. The molecule has 0 radical (unpaired) electrons. The Kier molecular flexibility index (Phi) is 3.47. The first kappa shape index (κ1) is 15.2. The van der Waals surface area contributed by atoms with E-state index in [9.17, 15) is 5.26 Å². The molecule has 0 spiro atoms. The minimum absolute atomic E-state index is 0.205. The first-order valence-corrected chi connectivity index (χ1v) is 9.78. The van der Waals surface area contributed by atoms with Gasteiger partial charge in [-0.2, -0.15) is 5.26 Å². The number of thiophene rings is 1. The van der Waals surface area contributed by atoms with Gasteiger partial charge in [-0.15, -0.1) is 11.3 Å². The first-order chi connectivity index (χ1) is 12.3. The number of nitrogens with zero attached hydrogens (tertiary/aromatic N) is 3. The van der Waals surface area contributed by atoms with Crippen LogP contribution in [-0.4, -0.2) is 24.7 Å². The molecule has 2 bridgehead atoms. The average molecular weight is 352 g/mol. The molecule has 128 valence electrons. The number of hydrogen-bond acceptors (Lipinski definition) is 6. The second kappa shape index (κ2) is 5.72. The van der Waals surface area contributed by atoms with Gasteiger partial charge in [-0.3, -0.25) is 0 Å². The van der Waals surface area contributed by atoms with Crippen molar-refractivity contribution in [2.24, 2.45) is 0 Å². The normalized spacial score (nSPS) is 22.2.